The number of nitrogens with one attached hydrogen (secondary N) is 1. The highest BCUT2D eigenvalue weighted by Gasteiger charge is 2.28. The SMILES string of the molecule is O=C(c1n[nH]c2c1CCCC2)N1CCc2nnc(Cc3cccnc3)n2CC1. The van der Waals surface area contributed by atoms with Crippen LogP contribution in [-0.2, 0) is 32.2 Å². The summed E-state index contributed by atoms with van der Waals surface area (Å²) in [5, 5.41) is 16.2. The number of nitrogens with zero attached hydrogens (tertiary/aromatic N) is 6. The van der Waals surface area contributed by atoms with Crippen molar-refractivity contribution in [3.63, 3.8) is 0 Å². The van der Waals surface area contributed by atoms with Crippen molar-refractivity contribution in [2.24, 2.45) is 0 Å². The summed E-state index contributed by atoms with van der Waals surface area (Å²) in [4.78, 5) is 19.2. The van der Waals surface area contributed by atoms with Crippen molar-refractivity contribution in [3.8, 4) is 0 Å². The Bertz CT molecular complexity index is 991. The molecule has 4 heterocycles. The van der Waals surface area contributed by atoms with Gasteiger partial charge in [0.05, 0.1) is 0 Å². The van der Waals surface area contributed by atoms with Crippen LogP contribution in [0.15, 0.2) is 24.5 Å². The monoisotopic (exact) mass is 377 g/mol. The molecular formula is C20H23N7O. The van der Waals surface area contributed by atoms with Crippen LogP contribution in [0.5, 0.6) is 0 Å². The average Bonchev–Trinajstić information content (AvgIpc) is 3.26. The van der Waals surface area contributed by atoms with Gasteiger partial charge in [-0.05, 0) is 37.3 Å². The number of aromatic nitrogens is 6. The van der Waals surface area contributed by atoms with Crippen molar-refractivity contribution >= 4 is 5.91 Å². The normalized spacial score (nSPS) is 16.4. The molecule has 0 saturated heterocycles. The predicted octanol–water partition coefficient (Wildman–Crippen LogP) is 1.56. The van der Waals surface area contributed by atoms with Crippen LogP contribution in [0.1, 0.15) is 51.8 Å². The van der Waals surface area contributed by atoms with Crippen LogP contribution in [0.2, 0.25) is 0 Å². The van der Waals surface area contributed by atoms with E-state index in [-0.39, 0.29) is 5.91 Å². The fourth-order valence-electron chi connectivity index (χ4n) is 4.21. The van der Waals surface area contributed by atoms with Crippen molar-refractivity contribution in [1.29, 1.82) is 0 Å². The summed E-state index contributed by atoms with van der Waals surface area (Å²) in [6.07, 6.45) is 9.27. The number of carbonyl (C=O) groups excluding carboxylic acids is 1. The lowest BCUT2D eigenvalue weighted by molar-refractivity contribution is 0.0751. The molecule has 144 valence electrons. The molecule has 1 aliphatic heterocycles. The molecule has 0 atom stereocenters. The second kappa shape index (κ2) is 7.18. The van der Waals surface area contributed by atoms with Crippen molar-refractivity contribution in [3.05, 3.63) is 58.7 Å². The van der Waals surface area contributed by atoms with Gasteiger partial charge < -0.3 is 9.47 Å². The Morgan fingerprint density at radius 3 is 2.93 bits per heavy atom. The Labute approximate surface area is 163 Å². The minimum absolute atomic E-state index is 0.0342. The van der Waals surface area contributed by atoms with Crippen LogP contribution in [0.4, 0.5) is 0 Å². The highest BCUT2D eigenvalue weighted by molar-refractivity contribution is 5.94. The Balaban J connectivity index is 1.33. The van der Waals surface area contributed by atoms with E-state index in [0.717, 1.165) is 47.7 Å². The van der Waals surface area contributed by atoms with Crippen LogP contribution in [0.25, 0.3) is 0 Å². The van der Waals surface area contributed by atoms with E-state index < -0.39 is 0 Å². The molecule has 0 saturated carbocycles. The van der Waals surface area contributed by atoms with E-state index in [9.17, 15) is 4.79 Å². The lowest BCUT2D eigenvalue weighted by atomic mass is 9.95. The second-order valence-electron chi connectivity index (χ2n) is 7.50. The first-order valence-corrected chi connectivity index (χ1v) is 9.95. The largest absolute Gasteiger partial charge is 0.335 e. The predicted molar refractivity (Wildman–Crippen MR) is 102 cm³/mol. The van der Waals surface area contributed by atoms with Gasteiger partial charge in [-0.2, -0.15) is 5.10 Å². The van der Waals surface area contributed by atoms with Gasteiger partial charge in [0.2, 0.25) is 0 Å². The summed E-state index contributed by atoms with van der Waals surface area (Å²) >= 11 is 0. The fraction of sp³-hybridized carbons (Fsp3) is 0.450. The highest BCUT2D eigenvalue weighted by atomic mass is 16.2. The van der Waals surface area contributed by atoms with Gasteiger partial charge in [0.1, 0.15) is 11.6 Å². The van der Waals surface area contributed by atoms with Crippen LogP contribution >= 0.6 is 0 Å². The number of aryl methyl sites for hydroxylation is 1. The number of carbonyl (C=O) groups is 1. The third-order valence-electron chi connectivity index (χ3n) is 5.73. The molecular weight excluding hydrogens is 354 g/mol. The maximum atomic E-state index is 13.1. The lowest BCUT2D eigenvalue weighted by Gasteiger charge is -2.20. The second-order valence-corrected chi connectivity index (χ2v) is 7.50. The minimum atomic E-state index is 0.0342. The molecule has 0 unspecified atom stereocenters. The molecule has 8 heteroatoms. The Morgan fingerprint density at radius 1 is 1.11 bits per heavy atom. The molecule has 3 aromatic heterocycles. The van der Waals surface area contributed by atoms with Crippen LogP contribution in [0.3, 0.4) is 0 Å². The van der Waals surface area contributed by atoms with Gasteiger partial charge in [-0.3, -0.25) is 14.9 Å². The first-order chi connectivity index (χ1) is 13.8. The lowest BCUT2D eigenvalue weighted by Crippen LogP contribution is -2.34. The Kier molecular flexibility index (Phi) is 4.38. The van der Waals surface area contributed by atoms with Gasteiger partial charge in [0, 0.05) is 56.1 Å². The summed E-state index contributed by atoms with van der Waals surface area (Å²) < 4.78 is 2.15. The molecule has 5 rings (SSSR count). The molecule has 0 spiro atoms. The van der Waals surface area contributed by atoms with Crippen LogP contribution in [0, 0.1) is 0 Å². The summed E-state index contributed by atoms with van der Waals surface area (Å²) in [7, 11) is 0. The number of aromatic amines is 1. The molecule has 1 aliphatic carbocycles. The summed E-state index contributed by atoms with van der Waals surface area (Å²) in [5.41, 5.74) is 3.98. The number of rotatable bonds is 3. The molecule has 1 amide bonds. The van der Waals surface area contributed by atoms with Gasteiger partial charge in [-0.25, -0.2) is 0 Å². The molecule has 0 aromatic carbocycles. The first kappa shape index (κ1) is 17.1. The van der Waals surface area contributed by atoms with E-state index in [0.29, 0.717) is 38.2 Å². The standard InChI is InChI=1S/C20H23N7O/c28-20(19-15-5-1-2-6-16(15)22-25-19)26-9-7-17-23-24-18(27(17)11-10-26)12-14-4-3-8-21-13-14/h3-4,8,13H,1-2,5-7,9-12H2,(H,22,25). The quantitative estimate of drug-likeness (QED) is 0.748. The van der Waals surface area contributed by atoms with E-state index in [2.05, 4.69) is 29.9 Å². The van der Waals surface area contributed by atoms with E-state index in [1.165, 1.54) is 6.42 Å². The molecule has 28 heavy (non-hydrogen) atoms. The average molecular weight is 377 g/mol. The maximum Gasteiger partial charge on any atom is 0.274 e. The van der Waals surface area contributed by atoms with E-state index in [4.69, 9.17) is 0 Å². The number of hydrogen-bond acceptors (Lipinski definition) is 5. The molecule has 0 radical (unpaired) electrons. The van der Waals surface area contributed by atoms with Gasteiger partial charge in [-0.1, -0.05) is 6.07 Å². The smallest absolute Gasteiger partial charge is 0.274 e. The minimum Gasteiger partial charge on any atom is -0.335 e. The zero-order valence-electron chi connectivity index (χ0n) is 15.8. The topological polar surface area (TPSA) is 92.6 Å². The molecule has 2 aliphatic rings. The summed E-state index contributed by atoms with van der Waals surface area (Å²) in [6, 6.07) is 3.97. The molecule has 1 N–H and O–H groups in total. The van der Waals surface area contributed by atoms with Crippen molar-refractivity contribution < 1.29 is 4.79 Å². The number of pyridine rings is 1. The number of hydrogen-bond donors (Lipinski definition) is 1. The third kappa shape index (κ3) is 3.08. The van der Waals surface area contributed by atoms with E-state index >= 15 is 0 Å². The number of fused-ring (bicyclic) bond motifs is 2. The van der Waals surface area contributed by atoms with Gasteiger partial charge >= 0.3 is 0 Å². The van der Waals surface area contributed by atoms with E-state index in [1.54, 1.807) is 6.20 Å². The molecule has 3 aromatic rings. The number of amides is 1. The van der Waals surface area contributed by atoms with Crippen molar-refractivity contribution in [1.82, 2.24) is 34.8 Å². The molecule has 0 bridgehead atoms. The Morgan fingerprint density at radius 2 is 2.04 bits per heavy atom. The number of H-pyrrole nitrogens is 1. The Hall–Kier alpha value is -3.03. The summed E-state index contributed by atoms with van der Waals surface area (Å²) in [5.74, 6) is 1.90. The molecule has 0 fully saturated rings. The van der Waals surface area contributed by atoms with E-state index in [1.807, 2.05) is 23.2 Å². The van der Waals surface area contributed by atoms with Crippen molar-refractivity contribution in [2.75, 3.05) is 13.1 Å². The van der Waals surface area contributed by atoms with Crippen molar-refractivity contribution in [2.45, 2.75) is 45.1 Å². The van der Waals surface area contributed by atoms with Crippen LogP contribution in [-0.4, -0.2) is 53.8 Å². The third-order valence-corrected chi connectivity index (χ3v) is 5.73. The zero-order chi connectivity index (χ0) is 18.9. The van der Waals surface area contributed by atoms with Gasteiger partial charge in [0.25, 0.3) is 5.91 Å². The maximum absolute atomic E-state index is 13.1. The van der Waals surface area contributed by atoms with Gasteiger partial charge in [-0.15, -0.1) is 10.2 Å². The first-order valence-electron chi connectivity index (χ1n) is 9.95. The zero-order valence-corrected chi connectivity index (χ0v) is 15.8. The highest BCUT2D eigenvalue weighted by Crippen LogP contribution is 2.23. The van der Waals surface area contributed by atoms with Gasteiger partial charge in [0.15, 0.2) is 5.69 Å². The molecule has 8 nitrogen and oxygen atoms in total. The summed E-state index contributed by atoms with van der Waals surface area (Å²) in [6.45, 7) is 1.99. The fourth-order valence-corrected chi connectivity index (χ4v) is 4.21. The van der Waals surface area contributed by atoms with Crippen LogP contribution < -0.4 is 0 Å².